The smallest absolute Gasteiger partial charge is 0.340 e. The van der Waals surface area contributed by atoms with Crippen LogP contribution in [0.3, 0.4) is 0 Å². The van der Waals surface area contributed by atoms with Crippen molar-refractivity contribution in [2.75, 3.05) is 6.26 Å². The molecule has 0 unspecified atom stereocenters. The molecular weight excluding hydrogens is 524 g/mol. The summed E-state index contributed by atoms with van der Waals surface area (Å²) in [7, 11) is -7.84. The molecule has 0 atom stereocenters. The molecular formula is C28H34N2O6S2. The van der Waals surface area contributed by atoms with Crippen LogP contribution in [0.15, 0.2) is 57.8 Å². The van der Waals surface area contributed by atoms with Crippen LogP contribution in [0, 0.1) is 13.8 Å². The van der Waals surface area contributed by atoms with Crippen molar-refractivity contribution in [3.05, 3.63) is 76.0 Å². The number of carbonyl (C=O) groups excluding carboxylic acids is 1. The summed E-state index contributed by atoms with van der Waals surface area (Å²) in [6.07, 6.45) is 2.65. The Kier molecular flexibility index (Phi) is 8.68. The minimum Gasteiger partial charge on any atom is -0.358 e. The van der Waals surface area contributed by atoms with Crippen molar-refractivity contribution in [2.45, 2.75) is 70.7 Å². The molecule has 0 saturated carbocycles. The Hall–Kier alpha value is -3.24. The lowest BCUT2D eigenvalue weighted by molar-refractivity contribution is 0.103. The van der Waals surface area contributed by atoms with Gasteiger partial charge in [-0.05, 0) is 82.0 Å². The lowest BCUT2D eigenvalue weighted by atomic mass is 9.91. The highest BCUT2D eigenvalue weighted by molar-refractivity contribution is 7.90. The van der Waals surface area contributed by atoms with Crippen LogP contribution in [0.2, 0.25) is 0 Å². The quantitative estimate of drug-likeness (QED) is 0.238. The molecule has 0 aliphatic carbocycles. The largest absolute Gasteiger partial charge is 0.358 e. The molecule has 0 fully saturated rings. The van der Waals surface area contributed by atoms with E-state index in [-0.39, 0.29) is 26.8 Å². The summed E-state index contributed by atoms with van der Waals surface area (Å²) < 4.78 is 58.4. The third-order valence-electron chi connectivity index (χ3n) is 6.45. The number of aromatic nitrogens is 2. The van der Waals surface area contributed by atoms with Gasteiger partial charge in [0.1, 0.15) is 10.5 Å². The topological polar surface area (TPSA) is 112 Å². The number of carbonyl (C=O) groups is 1. The summed E-state index contributed by atoms with van der Waals surface area (Å²) >= 11 is 0. The summed E-state index contributed by atoms with van der Waals surface area (Å²) in [5.74, 6) is -0.652. The number of allylic oxidation sites excluding steroid dienone is 2. The number of ketones is 1. The lowest BCUT2D eigenvalue weighted by Crippen LogP contribution is -2.16. The fraction of sp³-hybridized carbons (Fsp3) is 0.357. The molecule has 3 rings (SSSR count). The van der Waals surface area contributed by atoms with Gasteiger partial charge in [-0.1, -0.05) is 37.1 Å². The second-order valence-corrected chi connectivity index (χ2v) is 13.1. The fourth-order valence-electron chi connectivity index (χ4n) is 4.20. The van der Waals surface area contributed by atoms with Gasteiger partial charge in [0.25, 0.3) is 0 Å². The Morgan fingerprint density at radius 1 is 0.947 bits per heavy atom. The van der Waals surface area contributed by atoms with E-state index in [1.807, 2.05) is 27.7 Å². The Bertz CT molecular complexity index is 1610. The number of benzene rings is 2. The maximum atomic E-state index is 14.0. The summed E-state index contributed by atoms with van der Waals surface area (Å²) in [4.78, 5) is 14.1. The third kappa shape index (κ3) is 5.91. The standard InChI is InChI=1S/C28H34N2O6S2/c1-8-9-17-30-28(36-38(34,35)22-13-11-10-12-14-22)26(21(6)29-30)27(31)23-15-16-24(37(7,32)33)25(20(23)5)19(4)18(2)3/h10-16H,8-9,17H2,1-7H3. The van der Waals surface area contributed by atoms with Gasteiger partial charge in [-0.25, -0.2) is 13.1 Å². The van der Waals surface area contributed by atoms with Crippen molar-refractivity contribution in [1.29, 1.82) is 0 Å². The predicted octanol–water partition coefficient (Wildman–Crippen LogP) is 5.52. The molecule has 10 heteroatoms. The van der Waals surface area contributed by atoms with E-state index in [2.05, 4.69) is 5.10 Å². The number of hydrogen-bond donors (Lipinski definition) is 0. The minimum atomic E-state index is -4.25. The van der Waals surface area contributed by atoms with E-state index in [1.54, 1.807) is 32.0 Å². The monoisotopic (exact) mass is 558 g/mol. The molecule has 0 amide bonds. The first kappa shape index (κ1) is 29.3. The molecule has 204 valence electrons. The normalized spacial score (nSPS) is 11.9. The average molecular weight is 559 g/mol. The van der Waals surface area contributed by atoms with Crippen molar-refractivity contribution in [3.8, 4) is 5.88 Å². The van der Waals surface area contributed by atoms with E-state index < -0.39 is 25.7 Å². The van der Waals surface area contributed by atoms with Crippen LogP contribution < -0.4 is 4.18 Å². The van der Waals surface area contributed by atoms with E-state index in [4.69, 9.17) is 4.18 Å². The second kappa shape index (κ2) is 11.2. The minimum absolute atomic E-state index is 0.0246. The zero-order valence-electron chi connectivity index (χ0n) is 22.8. The first-order valence-electron chi connectivity index (χ1n) is 12.3. The summed E-state index contributed by atoms with van der Waals surface area (Å²) in [6.45, 7) is 11.2. The zero-order chi connectivity index (χ0) is 28.4. The average Bonchev–Trinajstić information content (AvgIpc) is 3.15. The van der Waals surface area contributed by atoms with Crippen molar-refractivity contribution in [2.24, 2.45) is 0 Å². The summed E-state index contributed by atoms with van der Waals surface area (Å²) in [5, 5.41) is 4.45. The van der Waals surface area contributed by atoms with Gasteiger partial charge in [0.05, 0.1) is 10.6 Å². The number of aryl methyl sites for hydroxylation is 2. The molecule has 2 aromatic carbocycles. The van der Waals surface area contributed by atoms with Gasteiger partial charge < -0.3 is 4.18 Å². The van der Waals surface area contributed by atoms with Crippen LogP contribution in [0.25, 0.3) is 5.57 Å². The number of rotatable bonds is 10. The van der Waals surface area contributed by atoms with Gasteiger partial charge in [-0.15, -0.1) is 0 Å². The SMILES string of the molecule is CCCCn1nc(C)c(C(=O)c2ccc(S(C)(=O)=O)c(C(C)=C(C)C)c2C)c1OS(=O)(=O)c1ccccc1. The number of unbranched alkanes of at least 4 members (excludes halogenated alkanes) is 1. The molecule has 0 aliphatic rings. The second-order valence-electron chi connectivity index (χ2n) is 9.53. The highest BCUT2D eigenvalue weighted by Gasteiger charge is 2.31. The first-order chi connectivity index (χ1) is 17.7. The Morgan fingerprint density at radius 3 is 2.13 bits per heavy atom. The molecule has 0 aliphatic heterocycles. The third-order valence-corrected chi connectivity index (χ3v) is 8.81. The first-order valence-corrected chi connectivity index (χ1v) is 15.6. The molecule has 3 aromatic rings. The Labute approximate surface area is 225 Å². The maximum Gasteiger partial charge on any atom is 0.340 e. The van der Waals surface area contributed by atoms with Gasteiger partial charge in [-0.2, -0.15) is 13.5 Å². The van der Waals surface area contributed by atoms with Gasteiger partial charge in [0, 0.05) is 18.4 Å². The molecule has 0 bridgehead atoms. The predicted molar refractivity (Wildman–Crippen MR) is 148 cm³/mol. The van der Waals surface area contributed by atoms with Crippen molar-refractivity contribution < 1.29 is 25.8 Å². The number of hydrogen-bond acceptors (Lipinski definition) is 7. The molecule has 8 nitrogen and oxygen atoms in total. The Balaban J connectivity index is 2.26. The highest BCUT2D eigenvalue weighted by atomic mass is 32.2. The van der Waals surface area contributed by atoms with Crippen LogP contribution in [-0.2, 0) is 26.5 Å². The van der Waals surface area contributed by atoms with Crippen LogP contribution in [-0.4, -0.2) is 38.7 Å². The Morgan fingerprint density at radius 2 is 1.58 bits per heavy atom. The van der Waals surface area contributed by atoms with Crippen LogP contribution in [0.4, 0.5) is 0 Å². The van der Waals surface area contributed by atoms with E-state index >= 15 is 0 Å². The summed E-state index contributed by atoms with van der Waals surface area (Å²) in [5.41, 5.74) is 3.18. The molecule has 1 heterocycles. The van der Waals surface area contributed by atoms with Gasteiger partial charge in [0.15, 0.2) is 9.84 Å². The number of sulfone groups is 1. The highest BCUT2D eigenvalue weighted by Crippen LogP contribution is 2.35. The lowest BCUT2D eigenvalue weighted by Gasteiger charge is -2.17. The van der Waals surface area contributed by atoms with Crippen molar-refractivity contribution in [1.82, 2.24) is 9.78 Å². The van der Waals surface area contributed by atoms with Crippen molar-refractivity contribution in [3.63, 3.8) is 0 Å². The molecule has 1 aromatic heterocycles. The molecule has 0 saturated heterocycles. The van der Waals surface area contributed by atoms with E-state index in [1.165, 1.54) is 28.9 Å². The van der Waals surface area contributed by atoms with E-state index in [0.29, 0.717) is 29.8 Å². The fourth-order valence-corrected chi connectivity index (χ4v) is 6.15. The van der Waals surface area contributed by atoms with Gasteiger partial charge in [0.2, 0.25) is 11.7 Å². The molecule has 0 N–H and O–H groups in total. The molecule has 0 spiro atoms. The molecule has 0 radical (unpaired) electrons. The van der Waals surface area contributed by atoms with E-state index in [0.717, 1.165) is 23.8 Å². The van der Waals surface area contributed by atoms with Crippen LogP contribution in [0.5, 0.6) is 5.88 Å². The summed E-state index contributed by atoms with van der Waals surface area (Å²) in [6, 6.07) is 10.6. The zero-order valence-corrected chi connectivity index (χ0v) is 24.5. The number of nitrogens with zero attached hydrogens (tertiary/aromatic N) is 2. The van der Waals surface area contributed by atoms with Gasteiger partial charge in [-0.3, -0.25) is 4.79 Å². The van der Waals surface area contributed by atoms with E-state index in [9.17, 15) is 21.6 Å². The van der Waals surface area contributed by atoms with Crippen LogP contribution >= 0.6 is 0 Å². The maximum absolute atomic E-state index is 14.0. The van der Waals surface area contributed by atoms with Crippen molar-refractivity contribution >= 4 is 31.3 Å². The molecule has 38 heavy (non-hydrogen) atoms. The van der Waals surface area contributed by atoms with Crippen LogP contribution in [0.1, 0.15) is 73.3 Å². The van der Waals surface area contributed by atoms with Gasteiger partial charge >= 0.3 is 10.1 Å².